The van der Waals surface area contributed by atoms with Gasteiger partial charge in [-0.3, -0.25) is 14.5 Å². The van der Waals surface area contributed by atoms with Crippen molar-refractivity contribution in [2.45, 2.75) is 44.8 Å². The van der Waals surface area contributed by atoms with Gasteiger partial charge in [0, 0.05) is 11.6 Å². The zero-order valence-corrected chi connectivity index (χ0v) is 15.8. The maximum Gasteiger partial charge on any atom is 0.237 e. The normalized spacial score (nSPS) is 18.8. The molecular formula is C17H22ClN7O2. The minimum absolute atomic E-state index is 0.175. The third-order valence-electron chi connectivity index (χ3n) is 4.84. The molecule has 10 heteroatoms. The van der Waals surface area contributed by atoms with E-state index >= 15 is 0 Å². The lowest BCUT2D eigenvalue weighted by Gasteiger charge is -2.37. The van der Waals surface area contributed by atoms with Crippen LogP contribution in [0.15, 0.2) is 24.5 Å². The Bertz CT molecular complexity index is 812. The van der Waals surface area contributed by atoms with Crippen molar-refractivity contribution in [2.24, 2.45) is 5.73 Å². The molecule has 144 valence electrons. The van der Waals surface area contributed by atoms with Crippen molar-refractivity contribution in [3.05, 3.63) is 35.1 Å². The number of aromatic nitrogens is 4. The molecule has 2 amide bonds. The predicted octanol–water partition coefficient (Wildman–Crippen LogP) is 0.660. The summed E-state index contributed by atoms with van der Waals surface area (Å²) < 4.78 is 1.51. The molecule has 1 aromatic heterocycles. The van der Waals surface area contributed by atoms with E-state index in [9.17, 15) is 9.59 Å². The van der Waals surface area contributed by atoms with Gasteiger partial charge in [0.05, 0.1) is 17.8 Å². The summed E-state index contributed by atoms with van der Waals surface area (Å²) in [6, 6.07) is 4.42. The van der Waals surface area contributed by atoms with E-state index in [1.165, 1.54) is 11.0 Å². The van der Waals surface area contributed by atoms with Gasteiger partial charge in [0.25, 0.3) is 0 Å². The number of piperidine rings is 1. The summed E-state index contributed by atoms with van der Waals surface area (Å²) >= 11 is 6.10. The number of nitrogens with two attached hydrogens (primary N) is 1. The summed E-state index contributed by atoms with van der Waals surface area (Å²) in [6.07, 6.45) is 4.04. The van der Waals surface area contributed by atoms with Crippen molar-refractivity contribution in [3.63, 3.8) is 0 Å². The van der Waals surface area contributed by atoms with Crippen LogP contribution in [-0.2, 0) is 16.1 Å². The van der Waals surface area contributed by atoms with Crippen LogP contribution in [0.2, 0.25) is 5.02 Å². The van der Waals surface area contributed by atoms with Gasteiger partial charge < -0.3 is 11.1 Å². The summed E-state index contributed by atoms with van der Waals surface area (Å²) in [7, 11) is 0. The second kappa shape index (κ2) is 8.45. The maximum atomic E-state index is 12.7. The first-order chi connectivity index (χ1) is 13.0. The lowest BCUT2D eigenvalue weighted by atomic mass is 9.99. The van der Waals surface area contributed by atoms with Gasteiger partial charge in [-0.25, -0.2) is 4.68 Å². The van der Waals surface area contributed by atoms with Crippen LogP contribution in [0.4, 0.5) is 0 Å². The quantitative estimate of drug-likeness (QED) is 0.746. The van der Waals surface area contributed by atoms with Gasteiger partial charge in [-0.1, -0.05) is 18.0 Å². The molecule has 0 spiro atoms. The molecule has 9 nitrogen and oxygen atoms in total. The Balaban J connectivity index is 1.70. The largest absolute Gasteiger partial charge is 0.368 e. The molecule has 2 atom stereocenters. The standard InChI is InChI=1S/C17H22ClN7O2/c1-11(24-7-3-2-4-15(24)16(19)26)17(27)20-9-12-8-13(18)5-6-14(12)25-10-21-22-23-25/h5-6,8,10-11,15H,2-4,7,9H2,1H3,(H2,19,26)(H,20,27)/t11-,15?/m0/s1. The maximum absolute atomic E-state index is 12.7. The number of tetrazole rings is 1. The van der Waals surface area contributed by atoms with Crippen molar-refractivity contribution in [3.8, 4) is 5.69 Å². The average molecular weight is 392 g/mol. The summed E-state index contributed by atoms with van der Waals surface area (Å²) in [5, 5.41) is 14.6. The van der Waals surface area contributed by atoms with E-state index in [1.54, 1.807) is 25.1 Å². The highest BCUT2D eigenvalue weighted by atomic mass is 35.5. The third kappa shape index (κ3) is 4.42. The Kier molecular flexibility index (Phi) is 6.02. The summed E-state index contributed by atoms with van der Waals surface area (Å²) in [4.78, 5) is 26.3. The number of rotatable bonds is 6. The molecule has 2 heterocycles. The van der Waals surface area contributed by atoms with Gasteiger partial charge in [0.1, 0.15) is 6.33 Å². The van der Waals surface area contributed by atoms with Crippen molar-refractivity contribution < 1.29 is 9.59 Å². The average Bonchev–Trinajstić information content (AvgIpc) is 3.20. The number of carbonyl (C=O) groups excluding carboxylic acids is 2. The van der Waals surface area contributed by atoms with Crippen LogP contribution in [0.3, 0.4) is 0 Å². The monoisotopic (exact) mass is 391 g/mol. The van der Waals surface area contributed by atoms with Crippen LogP contribution in [0, 0.1) is 0 Å². The van der Waals surface area contributed by atoms with Crippen LogP contribution < -0.4 is 11.1 Å². The Morgan fingerprint density at radius 2 is 2.22 bits per heavy atom. The fraction of sp³-hybridized carbons (Fsp3) is 0.471. The number of amides is 2. The first-order valence-corrected chi connectivity index (χ1v) is 9.19. The molecule has 0 bridgehead atoms. The Labute approximate surface area is 161 Å². The Hall–Kier alpha value is -2.52. The molecule has 1 aliphatic heterocycles. The number of likely N-dealkylation sites (tertiary alicyclic amines) is 1. The zero-order valence-electron chi connectivity index (χ0n) is 15.0. The minimum Gasteiger partial charge on any atom is -0.368 e. The molecule has 2 aromatic rings. The number of benzene rings is 1. The molecule has 1 saturated heterocycles. The summed E-state index contributed by atoms with van der Waals surface area (Å²) in [5.74, 6) is -0.559. The molecule has 0 saturated carbocycles. The number of nitrogens with zero attached hydrogens (tertiary/aromatic N) is 5. The minimum atomic E-state index is -0.460. The second-order valence-electron chi connectivity index (χ2n) is 6.57. The van der Waals surface area contributed by atoms with Gasteiger partial charge >= 0.3 is 0 Å². The fourth-order valence-corrected chi connectivity index (χ4v) is 3.59. The van der Waals surface area contributed by atoms with E-state index in [-0.39, 0.29) is 18.4 Å². The second-order valence-corrected chi connectivity index (χ2v) is 7.01. The van der Waals surface area contributed by atoms with Crippen molar-refractivity contribution in [1.29, 1.82) is 0 Å². The van der Waals surface area contributed by atoms with Crippen LogP contribution >= 0.6 is 11.6 Å². The van der Waals surface area contributed by atoms with Gasteiger partial charge in [-0.05, 0) is 60.5 Å². The molecule has 1 unspecified atom stereocenters. The molecule has 1 fully saturated rings. The van der Waals surface area contributed by atoms with E-state index in [1.807, 2.05) is 4.90 Å². The molecule has 3 rings (SSSR count). The highest BCUT2D eigenvalue weighted by Crippen LogP contribution is 2.21. The van der Waals surface area contributed by atoms with Gasteiger partial charge in [-0.2, -0.15) is 0 Å². The van der Waals surface area contributed by atoms with E-state index in [4.69, 9.17) is 17.3 Å². The number of hydrogen-bond acceptors (Lipinski definition) is 6. The number of nitrogens with one attached hydrogen (secondary N) is 1. The first-order valence-electron chi connectivity index (χ1n) is 8.82. The van der Waals surface area contributed by atoms with Crippen LogP contribution in [0.5, 0.6) is 0 Å². The Morgan fingerprint density at radius 1 is 1.41 bits per heavy atom. The molecule has 0 radical (unpaired) electrons. The molecule has 1 aliphatic rings. The van der Waals surface area contributed by atoms with Crippen LogP contribution in [-0.4, -0.2) is 55.5 Å². The van der Waals surface area contributed by atoms with E-state index in [0.717, 1.165) is 24.1 Å². The molecule has 27 heavy (non-hydrogen) atoms. The molecular weight excluding hydrogens is 370 g/mol. The lowest BCUT2D eigenvalue weighted by Crippen LogP contribution is -2.55. The number of primary amides is 1. The summed E-state index contributed by atoms with van der Waals surface area (Å²) in [5.41, 5.74) is 7.01. The van der Waals surface area contributed by atoms with Crippen molar-refractivity contribution in [1.82, 2.24) is 30.4 Å². The summed E-state index contributed by atoms with van der Waals surface area (Å²) in [6.45, 7) is 2.72. The number of halogens is 1. The SMILES string of the molecule is C[C@@H](C(=O)NCc1cc(Cl)ccc1-n1cnnn1)N1CCCCC1C(N)=O. The van der Waals surface area contributed by atoms with E-state index in [2.05, 4.69) is 20.8 Å². The first kappa shape index (κ1) is 19.2. The molecule has 1 aromatic carbocycles. The highest BCUT2D eigenvalue weighted by Gasteiger charge is 2.33. The van der Waals surface area contributed by atoms with Gasteiger partial charge in [-0.15, -0.1) is 5.10 Å². The van der Waals surface area contributed by atoms with E-state index in [0.29, 0.717) is 18.0 Å². The number of carbonyl (C=O) groups is 2. The molecule has 0 aliphatic carbocycles. The lowest BCUT2D eigenvalue weighted by molar-refractivity contribution is -0.132. The van der Waals surface area contributed by atoms with Crippen molar-refractivity contribution >= 4 is 23.4 Å². The number of hydrogen-bond donors (Lipinski definition) is 2. The predicted molar refractivity (Wildman–Crippen MR) is 99.0 cm³/mol. The van der Waals surface area contributed by atoms with Crippen LogP contribution in [0.1, 0.15) is 31.7 Å². The topological polar surface area (TPSA) is 119 Å². The molecule has 3 N–H and O–H groups in total. The van der Waals surface area contributed by atoms with Crippen LogP contribution in [0.25, 0.3) is 5.69 Å². The van der Waals surface area contributed by atoms with E-state index < -0.39 is 12.1 Å². The van der Waals surface area contributed by atoms with Gasteiger partial charge in [0.2, 0.25) is 11.8 Å². The Morgan fingerprint density at radius 3 is 2.93 bits per heavy atom. The van der Waals surface area contributed by atoms with Crippen molar-refractivity contribution in [2.75, 3.05) is 6.54 Å². The third-order valence-corrected chi connectivity index (χ3v) is 5.08. The highest BCUT2D eigenvalue weighted by molar-refractivity contribution is 6.30. The fourth-order valence-electron chi connectivity index (χ4n) is 3.39. The zero-order chi connectivity index (χ0) is 19.4. The van der Waals surface area contributed by atoms with Gasteiger partial charge in [0.15, 0.2) is 0 Å². The smallest absolute Gasteiger partial charge is 0.237 e.